The van der Waals surface area contributed by atoms with E-state index in [1.54, 1.807) is 19.4 Å². The predicted molar refractivity (Wildman–Crippen MR) is 74.0 cm³/mol. The molecule has 2 rings (SSSR count). The van der Waals surface area contributed by atoms with E-state index in [4.69, 9.17) is 4.74 Å². The maximum atomic E-state index is 12.0. The van der Waals surface area contributed by atoms with Gasteiger partial charge in [-0.25, -0.2) is 9.97 Å². The van der Waals surface area contributed by atoms with Crippen molar-refractivity contribution in [2.75, 3.05) is 7.11 Å². The van der Waals surface area contributed by atoms with Gasteiger partial charge in [0.15, 0.2) is 11.9 Å². The van der Waals surface area contributed by atoms with Crippen LogP contribution in [0.3, 0.4) is 0 Å². The molecule has 2 aromatic heterocycles. The fourth-order valence-corrected chi connectivity index (χ4v) is 2.41. The Balaban J connectivity index is 2.39. The molecule has 0 saturated heterocycles. The number of aromatic nitrogens is 3. The molecule has 2 heterocycles. The van der Waals surface area contributed by atoms with Crippen LogP contribution in [0.15, 0.2) is 35.9 Å². The van der Waals surface area contributed by atoms with Crippen molar-refractivity contribution in [1.82, 2.24) is 9.97 Å². The van der Waals surface area contributed by atoms with Gasteiger partial charge in [-0.2, -0.15) is 4.73 Å². The molecule has 0 aliphatic carbocycles. The van der Waals surface area contributed by atoms with Crippen LogP contribution in [0.5, 0.6) is 5.75 Å². The number of pyridine rings is 1. The second-order valence-corrected chi connectivity index (χ2v) is 5.78. The fourth-order valence-electron chi connectivity index (χ4n) is 1.62. The van der Waals surface area contributed by atoms with Gasteiger partial charge in [0.25, 0.3) is 5.03 Å². The molecule has 0 bridgehead atoms. The van der Waals surface area contributed by atoms with Crippen molar-refractivity contribution in [1.29, 1.82) is 0 Å². The molecular weight excluding hydrogens is 262 g/mol. The highest BCUT2D eigenvalue weighted by molar-refractivity contribution is 7.99. The Kier molecular flexibility index (Phi) is 4.21. The Morgan fingerprint density at radius 2 is 2.16 bits per heavy atom. The standard InChI is InChI=1S/C13H15N3O2S/c1-9(2)19-12-5-4-10(7-16(12)17)13-11(18-3)6-14-8-15-13/h4-9H,1-3H3. The molecule has 0 amide bonds. The van der Waals surface area contributed by atoms with E-state index in [1.165, 1.54) is 24.3 Å². The van der Waals surface area contributed by atoms with Crippen LogP contribution >= 0.6 is 11.8 Å². The zero-order valence-corrected chi connectivity index (χ0v) is 11.8. The third-order valence-electron chi connectivity index (χ3n) is 2.41. The first kappa shape index (κ1) is 13.6. The van der Waals surface area contributed by atoms with Gasteiger partial charge in [-0.05, 0) is 6.07 Å². The van der Waals surface area contributed by atoms with Gasteiger partial charge in [-0.3, -0.25) is 0 Å². The quantitative estimate of drug-likeness (QED) is 0.487. The van der Waals surface area contributed by atoms with E-state index in [9.17, 15) is 5.21 Å². The molecule has 6 heteroatoms. The molecule has 0 aliphatic rings. The number of rotatable bonds is 4. The summed E-state index contributed by atoms with van der Waals surface area (Å²) in [6, 6.07) is 3.67. The third kappa shape index (κ3) is 3.14. The third-order valence-corrected chi connectivity index (χ3v) is 3.44. The van der Waals surface area contributed by atoms with E-state index in [-0.39, 0.29) is 0 Å². The van der Waals surface area contributed by atoms with Crippen LogP contribution in [0, 0.1) is 5.21 Å². The van der Waals surface area contributed by atoms with Gasteiger partial charge in [0.05, 0.1) is 18.9 Å². The maximum Gasteiger partial charge on any atom is 0.251 e. The average molecular weight is 277 g/mol. The van der Waals surface area contributed by atoms with Crippen molar-refractivity contribution in [3.05, 3.63) is 36.1 Å². The number of methoxy groups -OCH3 is 1. The van der Waals surface area contributed by atoms with Gasteiger partial charge >= 0.3 is 0 Å². The molecule has 0 aromatic carbocycles. The summed E-state index contributed by atoms with van der Waals surface area (Å²) in [5.74, 6) is 0.548. The lowest BCUT2D eigenvalue weighted by molar-refractivity contribution is -0.645. The van der Waals surface area contributed by atoms with Crippen LogP contribution in [0.25, 0.3) is 11.3 Å². The van der Waals surface area contributed by atoms with Crippen LogP contribution in [0.1, 0.15) is 13.8 Å². The molecule has 19 heavy (non-hydrogen) atoms. The Morgan fingerprint density at radius 1 is 1.37 bits per heavy atom. The number of hydrogen-bond acceptors (Lipinski definition) is 5. The lowest BCUT2D eigenvalue weighted by atomic mass is 10.2. The average Bonchev–Trinajstić information content (AvgIpc) is 2.40. The predicted octanol–water partition coefficient (Wildman–Crippen LogP) is 2.29. The summed E-state index contributed by atoms with van der Waals surface area (Å²) in [5, 5.41) is 13.0. The minimum atomic E-state index is 0.361. The van der Waals surface area contributed by atoms with Gasteiger partial charge in [0.2, 0.25) is 0 Å². The largest absolute Gasteiger partial charge is 0.618 e. The highest BCUT2D eigenvalue weighted by Crippen LogP contribution is 2.27. The van der Waals surface area contributed by atoms with Crippen molar-refractivity contribution in [2.24, 2.45) is 0 Å². The molecule has 0 fully saturated rings. The van der Waals surface area contributed by atoms with Gasteiger partial charge < -0.3 is 9.94 Å². The summed E-state index contributed by atoms with van der Waals surface area (Å²) in [4.78, 5) is 8.05. The van der Waals surface area contributed by atoms with Gasteiger partial charge in [0.1, 0.15) is 12.0 Å². The van der Waals surface area contributed by atoms with Crippen molar-refractivity contribution in [2.45, 2.75) is 24.1 Å². The highest BCUT2D eigenvalue weighted by atomic mass is 32.2. The van der Waals surface area contributed by atoms with Crippen LogP contribution in [-0.4, -0.2) is 22.3 Å². The van der Waals surface area contributed by atoms with E-state index < -0.39 is 0 Å². The molecule has 0 N–H and O–H groups in total. The van der Waals surface area contributed by atoms with Crippen LogP contribution < -0.4 is 9.47 Å². The van der Waals surface area contributed by atoms with Crippen LogP contribution in [0.2, 0.25) is 0 Å². The normalized spacial score (nSPS) is 10.7. The first-order valence-electron chi connectivity index (χ1n) is 5.86. The van der Waals surface area contributed by atoms with Crippen molar-refractivity contribution >= 4 is 11.8 Å². The smallest absolute Gasteiger partial charge is 0.251 e. The molecule has 0 saturated carbocycles. The van der Waals surface area contributed by atoms with Crippen LogP contribution in [-0.2, 0) is 0 Å². The molecule has 0 spiro atoms. The topological polar surface area (TPSA) is 62.0 Å². The summed E-state index contributed by atoms with van der Waals surface area (Å²) in [6.07, 6.45) is 4.52. The number of ether oxygens (including phenoxy) is 1. The molecule has 0 atom stereocenters. The lowest BCUT2D eigenvalue weighted by Crippen LogP contribution is -2.29. The number of hydrogen-bond donors (Lipinski definition) is 0. The summed E-state index contributed by atoms with van der Waals surface area (Å²) in [6.45, 7) is 4.10. The minimum absolute atomic E-state index is 0.361. The van der Waals surface area contributed by atoms with E-state index in [1.807, 2.05) is 19.9 Å². The molecular formula is C13H15N3O2S. The van der Waals surface area contributed by atoms with E-state index in [0.717, 1.165) is 4.73 Å². The zero-order chi connectivity index (χ0) is 13.8. The summed E-state index contributed by atoms with van der Waals surface area (Å²) >= 11 is 1.53. The lowest BCUT2D eigenvalue weighted by Gasteiger charge is -2.09. The van der Waals surface area contributed by atoms with Crippen molar-refractivity contribution in [3.8, 4) is 17.0 Å². The molecule has 0 radical (unpaired) electrons. The SMILES string of the molecule is COc1cncnc1-c1ccc(SC(C)C)[n+]([O-])c1. The van der Waals surface area contributed by atoms with Crippen molar-refractivity contribution < 1.29 is 9.47 Å². The minimum Gasteiger partial charge on any atom is -0.618 e. The van der Waals surface area contributed by atoms with Crippen molar-refractivity contribution in [3.63, 3.8) is 0 Å². The molecule has 0 aliphatic heterocycles. The second kappa shape index (κ2) is 5.88. The van der Waals surface area contributed by atoms with Crippen LogP contribution in [0.4, 0.5) is 0 Å². The van der Waals surface area contributed by atoms with Gasteiger partial charge in [-0.1, -0.05) is 25.6 Å². The van der Waals surface area contributed by atoms with E-state index >= 15 is 0 Å². The Bertz CT molecular complexity index is 576. The molecule has 100 valence electrons. The molecule has 2 aromatic rings. The zero-order valence-electron chi connectivity index (χ0n) is 11.0. The summed E-state index contributed by atoms with van der Waals surface area (Å²) < 4.78 is 6.06. The number of thioether (sulfide) groups is 1. The summed E-state index contributed by atoms with van der Waals surface area (Å²) in [7, 11) is 1.55. The highest BCUT2D eigenvalue weighted by Gasteiger charge is 2.14. The van der Waals surface area contributed by atoms with Gasteiger partial charge in [-0.15, -0.1) is 0 Å². The fraction of sp³-hybridized carbons (Fsp3) is 0.308. The Hall–Kier alpha value is -1.82. The Morgan fingerprint density at radius 3 is 2.79 bits per heavy atom. The number of nitrogens with zero attached hydrogens (tertiary/aromatic N) is 3. The maximum absolute atomic E-state index is 12.0. The van der Waals surface area contributed by atoms with E-state index in [2.05, 4.69) is 9.97 Å². The van der Waals surface area contributed by atoms with Gasteiger partial charge in [0, 0.05) is 11.3 Å². The molecule has 5 nitrogen and oxygen atoms in total. The summed E-state index contributed by atoms with van der Waals surface area (Å²) in [5.41, 5.74) is 1.32. The molecule has 0 unspecified atom stereocenters. The first-order valence-corrected chi connectivity index (χ1v) is 6.74. The second-order valence-electron chi connectivity index (χ2n) is 4.19. The monoisotopic (exact) mass is 277 g/mol. The Labute approximate surface area is 116 Å². The first-order chi connectivity index (χ1) is 9.11. The van der Waals surface area contributed by atoms with E-state index in [0.29, 0.717) is 27.3 Å².